The van der Waals surface area contributed by atoms with E-state index in [2.05, 4.69) is 4.98 Å². The minimum atomic E-state index is -0.217. The number of aromatic nitrogens is 1. The molecule has 0 aliphatic carbocycles. The van der Waals surface area contributed by atoms with Crippen molar-refractivity contribution in [1.29, 1.82) is 0 Å². The van der Waals surface area contributed by atoms with Crippen molar-refractivity contribution in [2.45, 2.75) is 44.8 Å². The highest BCUT2D eigenvalue weighted by molar-refractivity contribution is 5.81. The summed E-state index contributed by atoms with van der Waals surface area (Å²) >= 11 is 0. The molecule has 0 saturated carbocycles. The number of carbonyl (C=O) groups excluding carboxylic acids is 1. The minimum absolute atomic E-state index is 0.0591. The number of nitrogens with zero attached hydrogens (tertiary/aromatic N) is 2. The van der Waals surface area contributed by atoms with Crippen molar-refractivity contribution in [3.8, 4) is 0 Å². The number of hydrogen-bond acceptors (Lipinski definition) is 3. The summed E-state index contributed by atoms with van der Waals surface area (Å²) in [5.74, 6) is 0.124. The summed E-state index contributed by atoms with van der Waals surface area (Å²) in [5, 5.41) is 0. The first-order chi connectivity index (χ1) is 7.91. The van der Waals surface area contributed by atoms with E-state index < -0.39 is 0 Å². The Morgan fingerprint density at radius 3 is 2.71 bits per heavy atom. The second kappa shape index (κ2) is 4.11. The molecule has 0 radical (unpaired) electrons. The molecule has 0 bridgehead atoms. The van der Waals surface area contributed by atoms with Crippen LogP contribution >= 0.6 is 0 Å². The Hall–Kier alpha value is -1.42. The van der Waals surface area contributed by atoms with E-state index >= 15 is 0 Å². The van der Waals surface area contributed by atoms with Gasteiger partial charge in [0, 0.05) is 30.4 Å². The molecule has 2 atom stereocenters. The Balaban J connectivity index is 2.40. The third-order valence-electron chi connectivity index (χ3n) is 3.11. The zero-order valence-corrected chi connectivity index (χ0v) is 10.6. The van der Waals surface area contributed by atoms with E-state index in [1.807, 2.05) is 37.8 Å². The third-order valence-corrected chi connectivity index (χ3v) is 3.11. The molecule has 2 heterocycles. The van der Waals surface area contributed by atoms with Crippen LogP contribution < -0.4 is 5.73 Å². The van der Waals surface area contributed by atoms with Gasteiger partial charge in [-0.15, -0.1) is 0 Å². The molecule has 0 spiro atoms. The molecule has 2 unspecified atom stereocenters. The predicted molar refractivity (Wildman–Crippen MR) is 66.2 cm³/mol. The van der Waals surface area contributed by atoms with Crippen LogP contribution in [0.25, 0.3) is 0 Å². The number of carbonyl (C=O) groups is 1. The quantitative estimate of drug-likeness (QED) is 0.799. The van der Waals surface area contributed by atoms with Crippen LogP contribution in [-0.2, 0) is 4.79 Å². The van der Waals surface area contributed by atoms with Crippen LogP contribution in [-0.4, -0.2) is 27.4 Å². The number of hydrogen-bond donors (Lipinski definition) is 1. The second-order valence-corrected chi connectivity index (χ2v) is 5.53. The van der Waals surface area contributed by atoms with Gasteiger partial charge < -0.3 is 10.6 Å². The second-order valence-electron chi connectivity index (χ2n) is 5.53. The Bertz CT molecular complexity index is 410. The number of amides is 1. The number of likely N-dealkylation sites (tertiary alicyclic amines) is 1. The lowest BCUT2D eigenvalue weighted by molar-refractivity contribution is -0.133. The van der Waals surface area contributed by atoms with Crippen LogP contribution in [0.3, 0.4) is 0 Å². The summed E-state index contributed by atoms with van der Waals surface area (Å²) in [7, 11) is 0. The first kappa shape index (κ1) is 12.0. The Morgan fingerprint density at radius 2 is 2.18 bits per heavy atom. The van der Waals surface area contributed by atoms with Gasteiger partial charge in [-0.1, -0.05) is 6.07 Å². The zero-order valence-electron chi connectivity index (χ0n) is 10.6. The summed E-state index contributed by atoms with van der Waals surface area (Å²) in [6.45, 7) is 6.10. The van der Waals surface area contributed by atoms with E-state index in [9.17, 15) is 4.79 Å². The maximum absolute atomic E-state index is 12.0. The van der Waals surface area contributed by atoms with Gasteiger partial charge in [-0.05, 0) is 32.4 Å². The van der Waals surface area contributed by atoms with Gasteiger partial charge in [-0.25, -0.2) is 0 Å². The van der Waals surface area contributed by atoms with Crippen LogP contribution in [0.15, 0.2) is 24.5 Å². The number of nitrogens with two attached hydrogens (primary N) is 1. The molecule has 1 aliphatic heterocycles. The summed E-state index contributed by atoms with van der Waals surface area (Å²) in [6.07, 6.45) is 3.94. The van der Waals surface area contributed by atoms with E-state index in [-0.39, 0.29) is 23.5 Å². The Labute approximate surface area is 102 Å². The first-order valence-corrected chi connectivity index (χ1v) is 5.89. The molecule has 1 saturated heterocycles. The smallest absolute Gasteiger partial charge is 0.225 e. The highest BCUT2D eigenvalue weighted by Crippen LogP contribution is 2.36. The maximum atomic E-state index is 12.0. The standard InChI is InChI=1S/C13H19N3O/c1-13(2,3)16-11(17)7-10(14)12(16)9-5-4-6-15-8-9/h4-6,8,10,12H,7,14H2,1-3H3. The van der Waals surface area contributed by atoms with Gasteiger partial charge in [0.25, 0.3) is 0 Å². The topological polar surface area (TPSA) is 59.2 Å². The molecule has 1 aromatic rings. The van der Waals surface area contributed by atoms with Gasteiger partial charge >= 0.3 is 0 Å². The van der Waals surface area contributed by atoms with Gasteiger partial charge in [0.15, 0.2) is 0 Å². The highest BCUT2D eigenvalue weighted by Gasteiger charge is 2.43. The molecular weight excluding hydrogens is 214 g/mol. The SMILES string of the molecule is CC(C)(C)N1C(=O)CC(N)C1c1cccnc1. The summed E-state index contributed by atoms with van der Waals surface area (Å²) < 4.78 is 0. The molecule has 2 rings (SSSR count). The fraction of sp³-hybridized carbons (Fsp3) is 0.538. The van der Waals surface area contributed by atoms with Gasteiger partial charge in [0.05, 0.1) is 6.04 Å². The van der Waals surface area contributed by atoms with Crippen molar-refractivity contribution in [1.82, 2.24) is 9.88 Å². The lowest BCUT2D eigenvalue weighted by Gasteiger charge is -2.38. The highest BCUT2D eigenvalue weighted by atomic mass is 16.2. The normalized spacial score (nSPS) is 25.4. The third kappa shape index (κ3) is 2.17. The number of rotatable bonds is 1. The van der Waals surface area contributed by atoms with Gasteiger partial charge in [-0.3, -0.25) is 9.78 Å². The molecule has 0 aromatic carbocycles. The molecule has 4 nitrogen and oxygen atoms in total. The van der Waals surface area contributed by atoms with Crippen molar-refractivity contribution in [3.63, 3.8) is 0 Å². The van der Waals surface area contributed by atoms with E-state index in [1.54, 1.807) is 12.4 Å². The Kier molecular flexibility index (Phi) is 2.91. The van der Waals surface area contributed by atoms with Gasteiger partial charge in [-0.2, -0.15) is 0 Å². The van der Waals surface area contributed by atoms with Crippen molar-refractivity contribution in [2.75, 3.05) is 0 Å². The van der Waals surface area contributed by atoms with Crippen molar-refractivity contribution < 1.29 is 4.79 Å². The fourth-order valence-electron chi connectivity index (χ4n) is 2.50. The molecule has 1 amide bonds. The molecular formula is C13H19N3O. The maximum Gasteiger partial charge on any atom is 0.225 e. The van der Waals surface area contributed by atoms with Crippen LogP contribution in [0.5, 0.6) is 0 Å². The lowest BCUT2D eigenvalue weighted by Crippen LogP contribution is -2.45. The Morgan fingerprint density at radius 1 is 1.47 bits per heavy atom. The molecule has 1 aliphatic rings. The average Bonchev–Trinajstić information content (AvgIpc) is 2.54. The largest absolute Gasteiger partial charge is 0.329 e. The predicted octanol–water partition coefficient (Wildman–Crippen LogP) is 1.48. The van der Waals surface area contributed by atoms with Crippen LogP contribution in [0.2, 0.25) is 0 Å². The van der Waals surface area contributed by atoms with E-state index in [4.69, 9.17) is 5.73 Å². The molecule has 4 heteroatoms. The number of pyridine rings is 1. The molecule has 92 valence electrons. The molecule has 1 fully saturated rings. The molecule has 1 aromatic heterocycles. The summed E-state index contributed by atoms with van der Waals surface area (Å²) in [6, 6.07) is 3.66. The van der Waals surface area contributed by atoms with Gasteiger partial charge in [0.2, 0.25) is 5.91 Å². The first-order valence-electron chi connectivity index (χ1n) is 5.89. The zero-order chi connectivity index (χ0) is 12.6. The average molecular weight is 233 g/mol. The van der Waals surface area contributed by atoms with Crippen molar-refractivity contribution in [2.24, 2.45) is 5.73 Å². The van der Waals surface area contributed by atoms with Crippen LogP contribution in [0.4, 0.5) is 0 Å². The van der Waals surface area contributed by atoms with Crippen molar-refractivity contribution >= 4 is 5.91 Å². The van der Waals surface area contributed by atoms with Crippen molar-refractivity contribution in [3.05, 3.63) is 30.1 Å². The van der Waals surface area contributed by atoms with E-state index in [0.717, 1.165) is 5.56 Å². The summed E-state index contributed by atoms with van der Waals surface area (Å²) in [5.41, 5.74) is 6.90. The van der Waals surface area contributed by atoms with Crippen LogP contribution in [0.1, 0.15) is 38.8 Å². The monoisotopic (exact) mass is 233 g/mol. The van der Waals surface area contributed by atoms with E-state index in [1.165, 1.54) is 0 Å². The lowest BCUT2D eigenvalue weighted by atomic mass is 9.98. The van der Waals surface area contributed by atoms with Crippen LogP contribution in [0, 0.1) is 0 Å². The molecule has 2 N–H and O–H groups in total. The fourth-order valence-corrected chi connectivity index (χ4v) is 2.50. The molecule has 17 heavy (non-hydrogen) atoms. The van der Waals surface area contributed by atoms with E-state index in [0.29, 0.717) is 6.42 Å². The minimum Gasteiger partial charge on any atom is -0.329 e. The van der Waals surface area contributed by atoms with Gasteiger partial charge in [0.1, 0.15) is 0 Å². The summed E-state index contributed by atoms with van der Waals surface area (Å²) in [4.78, 5) is 18.0.